The van der Waals surface area contributed by atoms with E-state index in [4.69, 9.17) is 4.52 Å². The summed E-state index contributed by atoms with van der Waals surface area (Å²) in [5.74, 6) is 1.65. The molecular weight excluding hydrogens is 388 g/mol. The topological polar surface area (TPSA) is 98.7 Å². The van der Waals surface area contributed by atoms with Crippen molar-refractivity contribution in [3.63, 3.8) is 0 Å². The summed E-state index contributed by atoms with van der Waals surface area (Å²) in [6.45, 7) is 3.79. The van der Waals surface area contributed by atoms with E-state index in [1.807, 2.05) is 47.9 Å². The van der Waals surface area contributed by atoms with Gasteiger partial charge in [-0.15, -0.1) is 10.2 Å². The van der Waals surface area contributed by atoms with Crippen molar-refractivity contribution in [3.8, 4) is 17.1 Å². The zero-order valence-electron chi connectivity index (χ0n) is 15.9. The zero-order chi connectivity index (χ0) is 20.2. The van der Waals surface area contributed by atoms with Crippen LogP contribution in [0.15, 0.2) is 64.5 Å². The molecule has 0 aliphatic rings. The van der Waals surface area contributed by atoms with E-state index in [0.29, 0.717) is 22.6 Å². The van der Waals surface area contributed by atoms with Crippen molar-refractivity contribution in [3.05, 3.63) is 66.2 Å². The third-order valence-electron chi connectivity index (χ3n) is 4.14. The number of hydrogen-bond donors (Lipinski definition) is 1. The zero-order valence-corrected chi connectivity index (χ0v) is 16.7. The van der Waals surface area contributed by atoms with Crippen LogP contribution in [0.4, 0.5) is 5.82 Å². The summed E-state index contributed by atoms with van der Waals surface area (Å²) in [6, 6.07) is 13.4. The van der Waals surface area contributed by atoms with Crippen molar-refractivity contribution < 1.29 is 9.32 Å². The van der Waals surface area contributed by atoms with Gasteiger partial charge in [-0.2, -0.15) is 0 Å². The number of anilines is 1. The maximum Gasteiger partial charge on any atom is 0.236 e. The van der Waals surface area contributed by atoms with E-state index in [-0.39, 0.29) is 11.7 Å². The number of carbonyl (C=O) groups is 1. The molecule has 9 heteroatoms. The van der Waals surface area contributed by atoms with Gasteiger partial charge in [0, 0.05) is 24.0 Å². The first-order valence-electron chi connectivity index (χ1n) is 8.89. The standard InChI is InChI=1S/C20H18N6O2S/c1-13-6-3-4-8-16(13)26-19(15-7-5-9-21-11-15)23-24-20(26)29-12-18(27)22-17-10-14(2)28-25-17/h3-11H,12H2,1-2H3,(H,22,25,27). The molecule has 1 N–H and O–H groups in total. The molecule has 1 amide bonds. The number of hydrogen-bond acceptors (Lipinski definition) is 7. The number of nitrogens with zero attached hydrogens (tertiary/aromatic N) is 5. The Balaban J connectivity index is 1.62. The molecule has 1 aromatic carbocycles. The van der Waals surface area contributed by atoms with Crippen molar-refractivity contribution in [2.24, 2.45) is 0 Å². The average Bonchev–Trinajstić information content (AvgIpc) is 3.33. The molecule has 4 rings (SSSR count). The SMILES string of the molecule is Cc1cc(NC(=O)CSc2nnc(-c3cccnc3)n2-c2ccccc2C)no1. The van der Waals surface area contributed by atoms with Crippen molar-refractivity contribution >= 4 is 23.5 Å². The lowest BCUT2D eigenvalue weighted by Gasteiger charge is -2.12. The lowest BCUT2D eigenvalue weighted by molar-refractivity contribution is -0.113. The predicted octanol–water partition coefficient (Wildman–Crippen LogP) is 3.66. The van der Waals surface area contributed by atoms with Crippen LogP contribution in [-0.2, 0) is 4.79 Å². The molecule has 0 atom stereocenters. The van der Waals surface area contributed by atoms with Crippen LogP contribution in [0, 0.1) is 13.8 Å². The van der Waals surface area contributed by atoms with Crippen molar-refractivity contribution in [1.82, 2.24) is 24.9 Å². The van der Waals surface area contributed by atoms with Crippen LogP contribution in [0.2, 0.25) is 0 Å². The smallest absolute Gasteiger partial charge is 0.236 e. The second-order valence-electron chi connectivity index (χ2n) is 6.33. The Morgan fingerprint density at radius 2 is 2.03 bits per heavy atom. The number of para-hydroxylation sites is 1. The number of carbonyl (C=O) groups excluding carboxylic acids is 1. The van der Waals surface area contributed by atoms with Crippen molar-refractivity contribution in [2.45, 2.75) is 19.0 Å². The van der Waals surface area contributed by atoms with Gasteiger partial charge >= 0.3 is 0 Å². The van der Waals surface area contributed by atoms with Gasteiger partial charge in [0.2, 0.25) is 5.91 Å². The molecule has 0 radical (unpaired) electrons. The molecule has 146 valence electrons. The van der Waals surface area contributed by atoms with Gasteiger partial charge in [0.05, 0.1) is 11.4 Å². The Labute approximate surface area is 171 Å². The van der Waals surface area contributed by atoms with Gasteiger partial charge in [0.15, 0.2) is 16.8 Å². The maximum absolute atomic E-state index is 12.3. The largest absolute Gasteiger partial charge is 0.360 e. The van der Waals surface area contributed by atoms with Crippen LogP contribution in [0.25, 0.3) is 17.1 Å². The lowest BCUT2D eigenvalue weighted by atomic mass is 10.2. The Hall–Kier alpha value is -3.46. The molecule has 0 aliphatic carbocycles. The van der Waals surface area contributed by atoms with E-state index in [1.165, 1.54) is 11.8 Å². The fraction of sp³-hybridized carbons (Fsp3) is 0.150. The van der Waals surface area contributed by atoms with Crippen LogP contribution in [-0.4, -0.2) is 36.6 Å². The van der Waals surface area contributed by atoms with Crippen molar-refractivity contribution in [2.75, 3.05) is 11.1 Å². The van der Waals surface area contributed by atoms with E-state index in [2.05, 4.69) is 25.7 Å². The minimum atomic E-state index is -0.203. The van der Waals surface area contributed by atoms with Gasteiger partial charge in [-0.25, -0.2) is 0 Å². The number of aromatic nitrogens is 5. The summed E-state index contributed by atoms with van der Waals surface area (Å²) in [4.78, 5) is 16.5. The van der Waals surface area contributed by atoms with E-state index in [1.54, 1.807) is 25.4 Å². The van der Waals surface area contributed by atoms with Gasteiger partial charge in [0.25, 0.3) is 0 Å². The number of nitrogens with one attached hydrogen (secondary N) is 1. The highest BCUT2D eigenvalue weighted by Crippen LogP contribution is 2.29. The molecule has 0 aliphatic heterocycles. The summed E-state index contributed by atoms with van der Waals surface area (Å²) in [6.07, 6.45) is 3.45. The molecule has 4 aromatic rings. The highest BCUT2D eigenvalue weighted by Gasteiger charge is 2.18. The first-order valence-corrected chi connectivity index (χ1v) is 9.88. The molecule has 0 saturated carbocycles. The monoisotopic (exact) mass is 406 g/mol. The summed E-state index contributed by atoms with van der Waals surface area (Å²) in [5, 5.41) is 15.8. The highest BCUT2D eigenvalue weighted by molar-refractivity contribution is 7.99. The molecule has 0 fully saturated rings. The number of amides is 1. The van der Waals surface area contributed by atoms with E-state index >= 15 is 0 Å². The van der Waals surface area contributed by atoms with Gasteiger partial charge in [-0.05, 0) is 37.6 Å². The summed E-state index contributed by atoms with van der Waals surface area (Å²) in [7, 11) is 0. The van der Waals surface area contributed by atoms with Crippen LogP contribution in [0.5, 0.6) is 0 Å². The number of rotatable bonds is 6. The molecule has 0 saturated heterocycles. The fourth-order valence-corrected chi connectivity index (χ4v) is 3.56. The number of benzene rings is 1. The summed E-state index contributed by atoms with van der Waals surface area (Å²) in [5.41, 5.74) is 2.87. The second-order valence-corrected chi connectivity index (χ2v) is 7.27. The van der Waals surface area contributed by atoms with E-state index in [9.17, 15) is 4.79 Å². The third-order valence-corrected chi connectivity index (χ3v) is 5.07. The highest BCUT2D eigenvalue weighted by atomic mass is 32.2. The van der Waals surface area contributed by atoms with Crippen LogP contribution < -0.4 is 5.32 Å². The molecule has 8 nitrogen and oxygen atoms in total. The predicted molar refractivity (Wildman–Crippen MR) is 110 cm³/mol. The Bertz CT molecular complexity index is 1140. The lowest BCUT2D eigenvalue weighted by Crippen LogP contribution is -2.14. The maximum atomic E-state index is 12.3. The molecular formula is C20H18N6O2S. The second kappa shape index (κ2) is 8.27. The van der Waals surface area contributed by atoms with Gasteiger partial charge in [-0.1, -0.05) is 35.1 Å². The molecule has 0 bridgehead atoms. The quantitative estimate of drug-likeness (QED) is 0.488. The average molecular weight is 406 g/mol. The summed E-state index contributed by atoms with van der Waals surface area (Å²) >= 11 is 1.30. The minimum absolute atomic E-state index is 0.156. The molecule has 3 aromatic heterocycles. The van der Waals surface area contributed by atoms with Gasteiger partial charge in [-0.3, -0.25) is 14.3 Å². The Morgan fingerprint density at radius 3 is 2.76 bits per heavy atom. The normalized spacial score (nSPS) is 10.8. The molecule has 3 heterocycles. The van der Waals surface area contributed by atoms with Crippen molar-refractivity contribution in [1.29, 1.82) is 0 Å². The first-order chi connectivity index (χ1) is 14.1. The Morgan fingerprint density at radius 1 is 1.17 bits per heavy atom. The van der Waals surface area contributed by atoms with Crippen LogP contribution in [0.3, 0.4) is 0 Å². The summed E-state index contributed by atoms with van der Waals surface area (Å²) < 4.78 is 6.92. The van der Waals surface area contributed by atoms with E-state index in [0.717, 1.165) is 16.8 Å². The Kier molecular flexibility index (Phi) is 5.39. The molecule has 29 heavy (non-hydrogen) atoms. The molecule has 0 spiro atoms. The fourth-order valence-electron chi connectivity index (χ4n) is 2.81. The molecule has 0 unspecified atom stereocenters. The minimum Gasteiger partial charge on any atom is -0.360 e. The number of thioether (sulfide) groups is 1. The van der Waals surface area contributed by atoms with Crippen LogP contribution >= 0.6 is 11.8 Å². The van der Waals surface area contributed by atoms with Gasteiger partial charge < -0.3 is 9.84 Å². The number of aryl methyl sites for hydroxylation is 2. The first kappa shape index (κ1) is 18.9. The van der Waals surface area contributed by atoms with Crippen LogP contribution in [0.1, 0.15) is 11.3 Å². The van der Waals surface area contributed by atoms with E-state index < -0.39 is 0 Å². The van der Waals surface area contributed by atoms with Gasteiger partial charge in [0.1, 0.15) is 5.76 Å². The number of pyridine rings is 1. The third kappa shape index (κ3) is 4.19.